The summed E-state index contributed by atoms with van der Waals surface area (Å²) in [6, 6.07) is 8.68. The molecule has 0 saturated carbocycles. The van der Waals surface area contributed by atoms with E-state index in [1.807, 2.05) is 26.0 Å². The van der Waals surface area contributed by atoms with E-state index in [0.29, 0.717) is 5.58 Å². The lowest BCUT2D eigenvalue weighted by Crippen LogP contribution is -2.12. The molecule has 0 atom stereocenters. The first-order valence-electron chi connectivity index (χ1n) is 5.62. The van der Waals surface area contributed by atoms with Crippen molar-refractivity contribution in [3.63, 3.8) is 0 Å². The first-order valence-corrected chi connectivity index (χ1v) is 5.62. The molecule has 2 rings (SSSR count). The maximum Gasteiger partial charge on any atom is 0.336 e. The van der Waals surface area contributed by atoms with E-state index in [9.17, 15) is 9.59 Å². The van der Waals surface area contributed by atoms with E-state index in [1.165, 1.54) is 6.07 Å². The number of carbonyl (C=O) groups excluding carboxylic acids is 1. The molecule has 0 bridgehead atoms. The average molecular weight is 230 g/mol. The third kappa shape index (κ3) is 2.44. The minimum atomic E-state index is -0.407. The molecule has 0 saturated heterocycles. The number of fused-ring (bicyclic) bond motifs is 1. The van der Waals surface area contributed by atoms with Crippen LogP contribution in [0.15, 0.2) is 39.5 Å². The molecule has 17 heavy (non-hydrogen) atoms. The Morgan fingerprint density at radius 2 is 2.00 bits per heavy atom. The van der Waals surface area contributed by atoms with E-state index in [-0.39, 0.29) is 18.1 Å². The van der Waals surface area contributed by atoms with Gasteiger partial charge in [0, 0.05) is 23.8 Å². The number of hydrogen-bond donors (Lipinski definition) is 0. The Bertz CT molecular complexity index is 608. The van der Waals surface area contributed by atoms with Gasteiger partial charge in [0.05, 0.1) is 0 Å². The molecule has 0 N–H and O–H groups in total. The van der Waals surface area contributed by atoms with Gasteiger partial charge in [-0.1, -0.05) is 32.0 Å². The van der Waals surface area contributed by atoms with Crippen molar-refractivity contribution in [2.24, 2.45) is 5.92 Å². The van der Waals surface area contributed by atoms with Gasteiger partial charge in [0.2, 0.25) is 0 Å². The SMILES string of the molecule is CC(C)C(=O)Cc1cc(=O)oc2ccccc12. The van der Waals surface area contributed by atoms with Crippen LogP contribution in [0.1, 0.15) is 19.4 Å². The van der Waals surface area contributed by atoms with Crippen molar-refractivity contribution in [1.29, 1.82) is 0 Å². The van der Waals surface area contributed by atoms with Crippen molar-refractivity contribution in [2.45, 2.75) is 20.3 Å². The highest BCUT2D eigenvalue weighted by molar-refractivity contribution is 5.88. The van der Waals surface area contributed by atoms with Crippen LogP contribution >= 0.6 is 0 Å². The second kappa shape index (κ2) is 4.53. The molecule has 0 unspecified atom stereocenters. The molecule has 0 radical (unpaired) electrons. The average Bonchev–Trinajstić information content (AvgIpc) is 2.28. The van der Waals surface area contributed by atoms with Crippen LogP contribution in [-0.2, 0) is 11.2 Å². The summed E-state index contributed by atoms with van der Waals surface area (Å²) in [7, 11) is 0. The number of carbonyl (C=O) groups is 1. The van der Waals surface area contributed by atoms with E-state index in [1.54, 1.807) is 12.1 Å². The molecule has 0 amide bonds. The van der Waals surface area contributed by atoms with Gasteiger partial charge in [-0.15, -0.1) is 0 Å². The van der Waals surface area contributed by atoms with Gasteiger partial charge in [-0.25, -0.2) is 4.79 Å². The lowest BCUT2D eigenvalue weighted by atomic mass is 9.99. The Morgan fingerprint density at radius 3 is 2.71 bits per heavy atom. The van der Waals surface area contributed by atoms with E-state index in [2.05, 4.69) is 0 Å². The molecule has 0 spiro atoms. The topological polar surface area (TPSA) is 47.3 Å². The molecule has 3 heteroatoms. The summed E-state index contributed by atoms with van der Waals surface area (Å²) in [4.78, 5) is 23.1. The predicted octanol–water partition coefficient (Wildman–Crippen LogP) is 2.56. The zero-order valence-corrected chi connectivity index (χ0v) is 9.90. The molecule has 0 fully saturated rings. The fraction of sp³-hybridized carbons (Fsp3) is 0.286. The van der Waals surface area contributed by atoms with Crippen molar-refractivity contribution < 1.29 is 9.21 Å². The molecule has 0 aliphatic carbocycles. The van der Waals surface area contributed by atoms with Crippen LogP contribution in [0.3, 0.4) is 0 Å². The molecule has 1 heterocycles. The van der Waals surface area contributed by atoms with Crippen LogP contribution in [0.5, 0.6) is 0 Å². The quantitative estimate of drug-likeness (QED) is 0.761. The van der Waals surface area contributed by atoms with Crippen LogP contribution < -0.4 is 5.63 Å². The summed E-state index contributed by atoms with van der Waals surface area (Å²) >= 11 is 0. The van der Waals surface area contributed by atoms with E-state index in [4.69, 9.17) is 4.42 Å². The van der Waals surface area contributed by atoms with Crippen LogP contribution in [0.4, 0.5) is 0 Å². The summed E-state index contributed by atoms with van der Waals surface area (Å²) in [5.74, 6) is 0.0989. The van der Waals surface area contributed by atoms with Crippen LogP contribution in [-0.4, -0.2) is 5.78 Å². The standard InChI is InChI=1S/C14H14O3/c1-9(2)12(15)7-10-8-14(16)17-13-6-4-3-5-11(10)13/h3-6,8-9H,7H2,1-2H3. The molecule has 3 nitrogen and oxygen atoms in total. The molecule has 2 aromatic rings. The maximum absolute atomic E-state index is 11.7. The van der Waals surface area contributed by atoms with Gasteiger partial charge < -0.3 is 4.42 Å². The second-order valence-electron chi connectivity index (χ2n) is 4.38. The fourth-order valence-electron chi connectivity index (χ4n) is 1.72. The predicted molar refractivity (Wildman–Crippen MR) is 66.0 cm³/mol. The summed E-state index contributed by atoms with van der Waals surface area (Å²) in [5, 5.41) is 0.834. The number of rotatable bonds is 3. The Labute approximate surface area is 99.1 Å². The van der Waals surface area contributed by atoms with Crippen LogP contribution in [0.25, 0.3) is 11.0 Å². The van der Waals surface area contributed by atoms with Crippen LogP contribution in [0, 0.1) is 5.92 Å². The molecule has 88 valence electrons. The Kier molecular flexibility index (Phi) is 3.09. The molecule has 1 aromatic heterocycles. The molecular weight excluding hydrogens is 216 g/mol. The Hall–Kier alpha value is -1.90. The number of hydrogen-bond acceptors (Lipinski definition) is 3. The van der Waals surface area contributed by atoms with Crippen molar-refractivity contribution in [1.82, 2.24) is 0 Å². The number of ketones is 1. The molecular formula is C14H14O3. The van der Waals surface area contributed by atoms with Gasteiger partial charge in [0.15, 0.2) is 0 Å². The van der Waals surface area contributed by atoms with Crippen LogP contribution in [0.2, 0.25) is 0 Å². The number of benzene rings is 1. The van der Waals surface area contributed by atoms with Crippen molar-refractivity contribution >= 4 is 16.8 Å². The zero-order valence-electron chi connectivity index (χ0n) is 9.90. The Morgan fingerprint density at radius 1 is 1.29 bits per heavy atom. The zero-order chi connectivity index (χ0) is 12.4. The van der Waals surface area contributed by atoms with Gasteiger partial charge in [0.25, 0.3) is 0 Å². The van der Waals surface area contributed by atoms with Gasteiger partial charge in [-0.05, 0) is 11.6 Å². The van der Waals surface area contributed by atoms with Gasteiger partial charge in [-0.3, -0.25) is 4.79 Å². The number of Topliss-reactive ketones (excluding diaryl/α,β-unsaturated/α-hetero) is 1. The normalized spacial score (nSPS) is 11.0. The van der Waals surface area contributed by atoms with Crippen molar-refractivity contribution in [3.8, 4) is 0 Å². The summed E-state index contributed by atoms with van der Waals surface area (Å²) in [6.07, 6.45) is 0.282. The Balaban J connectivity index is 2.53. The van der Waals surface area contributed by atoms with Crippen molar-refractivity contribution in [2.75, 3.05) is 0 Å². The van der Waals surface area contributed by atoms with Crippen molar-refractivity contribution in [3.05, 3.63) is 46.3 Å². The minimum Gasteiger partial charge on any atom is -0.423 e. The third-order valence-electron chi connectivity index (χ3n) is 2.74. The molecule has 0 aliphatic heterocycles. The molecule has 0 aliphatic rings. The lowest BCUT2D eigenvalue weighted by molar-refractivity contribution is -0.121. The van der Waals surface area contributed by atoms with E-state index in [0.717, 1.165) is 10.9 Å². The highest BCUT2D eigenvalue weighted by atomic mass is 16.4. The van der Waals surface area contributed by atoms with Gasteiger partial charge in [0.1, 0.15) is 11.4 Å². The second-order valence-corrected chi connectivity index (χ2v) is 4.38. The van der Waals surface area contributed by atoms with Gasteiger partial charge in [-0.2, -0.15) is 0 Å². The smallest absolute Gasteiger partial charge is 0.336 e. The van der Waals surface area contributed by atoms with E-state index >= 15 is 0 Å². The summed E-state index contributed by atoms with van der Waals surface area (Å²) in [6.45, 7) is 3.71. The van der Waals surface area contributed by atoms with E-state index < -0.39 is 5.63 Å². The molecule has 1 aromatic carbocycles. The number of para-hydroxylation sites is 1. The highest BCUT2D eigenvalue weighted by Gasteiger charge is 2.12. The fourth-order valence-corrected chi connectivity index (χ4v) is 1.72. The lowest BCUT2D eigenvalue weighted by Gasteiger charge is -2.06. The first kappa shape index (κ1) is 11.6. The summed E-state index contributed by atoms with van der Waals surface area (Å²) < 4.78 is 5.08. The third-order valence-corrected chi connectivity index (χ3v) is 2.74. The van der Waals surface area contributed by atoms with Gasteiger partial charge >= 0.3 is 5.63 Å². The highest BCUT2D eigenvalue weighted by Crippen LogP contribution is 2.18. The first-order chi connectivity index (χ1) is 8.08. The monoisotopic (exact) mass is 230 g/mol. The minimum absolute atomic E-state index is 0.0268. The maximum atomic E-state index is 11.7. The largest absolute Gasteiger partial charge is 0.423 e. The summed E-state index contributed by atoms with van der Waals surface area (Å²) in [5.41, 5.74) is 0.873.